The maximum atomic E-state index is 6.77. The highest BCUT2D eigenvalue weighted by Crippen LogP contribution is 2.63. The molecule has 4 aliphatic rings. The molecule has 0 saturated heterocycles. The average Bonchev–Trinajstić information content (AvgIpc) is 2.93. The molecule has 4 aromatic rings. The zero-order valence-corrected chi connectivity index (χ0v) is 22.5. The van der Waals surface area contributed by atoms with Gasteiger partial charge in [0.1, 0.15) is 17.2 Å². The predicted molar refractivity (Wildman–Crippen MR) is 159 cm³/mol. The van der Waals surface area contributed by atoms with Gasteiger partial charge in [-0.2, -0.15) is 0 Å². The number of hydrogen-bond donors (Lipinski definition) is 3. The molecule has 4 bridgehead atoms. The van der Waals surface area contributed by atoms with Crippen LogP contribution >= 0.6 is 0 Å². The number of nitrogens with two attached hydrogens (primary N) is 3. The summed E-state index contributed by atoms with van der Waals surface area (Å²) in [6.45, 7) is 0. The van der Waals surface area contributed by atoms with Gasteiger partial charge in [0.05, 0.1) is 0 Å². The fourth-order valence-corrected chi connectivity index (χ4v) is 7.65. The van der Waals surface area contributed by atoms with Gasteiger partial charge in [-0.25, -0.2) is 0 Å². The Kier molecular flexibility index (Phi) is 5.99. The molecule has 0 unspecified atom stereocenters. The molecule has 8 rings (SSSR count). The van der Waals surface area contributed by atoms with Crippen LogP contribution in [0.4, 0.5) is 17.1 Å². The van der Waals surface area contributed by atoms with E-state index in [2.05, 4.69) is 6.07 Å². The van der Waals surface area contributed by atoms with Crippen LogP contribution in [0.3, 0.4) is 0 Å². The lowest BCUT2D eigenvalue weighted by atomic mass is 9.48. The highest BCUT2D eigenvalue weighted by Gasteiger charge is 2.53. The molecule has 0 radical (unpaired) electrons. The van der Waals surface area contributed by atoms with E-state index in [1.165, 1.54) is 44.1 Å². The molecule has 0 heterocycles. The minimum Gasteiger partial charge on any atom is -0.453 e. The van der Waals surface area contributed by atoms with Crippen LogP contribution in [0.25, 0.3) is 0 Å². The lowest BCUT2D eigenvalue weighted by Crippen LogP contribution is -2.48. The van der Waals surface area contributed by atoms with Gasteiger partial charge >= 0.3 is 0 Å². The second kappa shape index (κ2) is 9.70. The first-order valence-electron chi connectivity index (χ1n) is 14.2. The van der Waals surface area contributed by atoms with Crippen LogP contribution in [0.2, 0.25) is 0 Å². The van der Waals surface area contributed by atoms with Crippen LogP contribution in [0.5, 0.6) is 34.5 Å². The number of rotatable bonds is 7. The standard InChI is InChI=1S/C34H35N3O3/c35-24-1-7-27(8-2-24)38-31-14-13-30(34-18-21-15-22(19-34)17-23(16-21)20-34)32(39-28-9-3-25(36)4-10-28)33(31)40-29-11-5-26(37)6-12-29/h1-14,21-23H,15-20,35-37H2. The predicted octanol–water partition coefficient (Wildman–Crippen LogP) is 8.28. The van der Waals surface area contributed by atoms with Gasteiger partial charge in [-0.15, -0.1) is 0 Å². The molecule has 4 aromatic carbocycles. The van der Waals surface area contributed by atoms with E-state index in [0.717, 1.165) is 17.8 Å². The normalized spacial score (nSPS) is 24.6. The first kappa shape index (κ1) is 24.7. The summed E-state index contributed by atoms with van der Waals surface area (Å²) < 4.78 is 19.8. The van der Waals surface area contributed by atoms with Crippen molar-refractivity contribution in [3.05, 3.63) is 90.5 Å². The van der Waals surface area contributed by atoms with Crippen molar-refractivity contribution in [1.29, 1.82) is 0 Å². The molecule has 4 aliphatic carbocycles. The molecule has 4 fully saturated rings. The summed E-state index contributed by atoms with van der Waals surface area (Å²) in [5.74, 6) is 6.18. The van der Waals surface area contributed by atoms with Crippen molar-refractivity contribution in [3.8, 4) is 34.5 Å². The topological polar surface area (TPSA) is 106 Å². The van der Waals surface area contributed by atoms with E-state index in [1.807, 2.05) is 78.9 Å². The molecule has 40 heavy (non-hydrogen) atoms. The minimum atomic E-state index is 0.0663. The Labute approximate surface area is 235 Å². The van der Waals surface area contributed by atoms with Crippen molar-refractivity contribution in [2.24, 2.45) is 17.8 Å². The average molecular weight is 534 g/mol. The molecule has 0 aromatic heterocycles. The second-order valence-corrected chi connectivity index (χ2v) is 12.0. The van der Waals surface area contributed by atoms with Crippen LogP contribution in [0, 0.1) is 17.8 Å². The van der Waals surface area contributed by atoms with Crippen molar-refractivity contribution in [2.75, 3.05) is 17.2 Å². The SMILES string of the molecule is Nc1ccc(Oc2ccc(C34CC5CC(CC(C5)C3)C4)c(Oc3ccc(N)cc3)c2Oc2ccc(N)cc2)cc1. The Bertz CT molecular complexity index is 1480. The molecule has 0 amide bonds. The summed E-state index contributed by atoms with van der Waals surface area (Å²) in [6.07, 6.45) is 7.66. The third kappa shape index (κ3) is 4.68. The number of nitrogen functional groups attached to an aromatic ring is 3. The van der Waals surface area contributed by atoms with Crippen molar-refractivity contribution in [1.82, 2.24) is 0 Å². The van der Waals surface area contributed by atoms with E-state index in [0.29, 0.717) is 51.6 Å². The molecule has 6 heteroatoms. The summed E-state index contributed by atoms with van der Waals surface area (Å²) in [5, 5.41) is 0. The number of ether oxygens (including phenoxy) is 3. The number of benzene rings is 4. The van der Waals surface area contributed by atoms with E-state index in [4.69, 9.17) is 31.4 Å². The molecule has 0 spiro atoms. The van der Waals surface area contributed by atoms with Crippen molar-refractivity contribution in [2.45, 2.75) is 43.9 Å². The zero-order valence-electron chi connectivity index (χ0n) is 22.5. The van der Waals surface area contributed by atoms with Gasteiger partial charge < -0.3 is 31.4 Å². The molecule has 0 aliphatic heterocycles. The lowest BCUT2D eigenvalue weighted by molar-refractivity contribution is -0.00610. The lowest BCUT2D eigenvalue weighted by Gasteiger charge is -2.57. The fourth-order valence-electron chi connectivity index (χ4n) is 7.65. The number of hydrogen-bond acceptors (Lipinski definition) is 6. The summed E-state index contributed by atoms with van der Waals surface area (Å²) in [6, 6.07) is 26.5. The highest BCUT2D eigenvalue weighted by molar-refractivity contribution is 5.62. The van der Waals surface area contributed by atoms with Gasteiger partial charge in [-0.3, -0.25) is 0 Å². The molecular weight excluding hydrogens is 498 g/mol. The second-order valence-electron chi connectivity index (χ2n) is 12.0. The molecule has 6 nitrogen and oxygen atoms in total. The molecule has 0 atom stereocenters. The van der Waals surface area contributed by atoms with Gasteiger partial charge in [0.2, 0.25) is 5.75 Å². The molecule has 4 saturated carbocycles. The van der Waals surface area contributed by atoms with Crippen LogP contribution < -0.4 is 31.4 Å². The Morgan fingerprint density at radius 1 is 0.475 bits per heavy atom. The van der Waals surface area contributed by atoms with Gasteiger partial charge in [-0.05, 0) is 141 Å². The van der Waals surface area contributed by atoms with E-state index < -0.39 is 0 Å². The fraction of sp³-hybridized carbons (Fsp3) is 0.294. The van der Waals surface area contributed by atoms with Crippen molar-refractivity contribution in [3.63, 3.8) is 0 Å². The highest BCUT2D eigenvalue weighted by atomic mass is 16.5. The van der Waals surface area contributed by atoms with Gasteiger partial charge in [0.15, 0.2) is 11.5 Å². The number of anilines is 3. The molecule has 6 N–H and O–H groups in total. The first-order chi connectivity index (χ1) is 19.4. The van der Waals surface area contributed by atoms with Crippen molar-refractivity contribution < 1.29 is 14.2 Å². The Morgan fingerprint density at radius 2 is 0.875 bits per heavy atom. The van der Waals surface area contributed by atoms with Gasteiger partial charge in [-0.1, -0.05) is 6.07 Å². The smallest absolute Gasteiger partial charge is 0.212 e. The Morgan fingerprint density at radius 3 is 1.32 bits per heavy atom. The van der Waals surface area contributed by atoms with E-state index in [1.54, 1.807) is 0 Å². The van der Waals surface area contributed by atoms with Crippen LogP contribution in [-0.4, -0.2) is 0 Å². The van der Waals surface area contributed by atoms with Crippen molar-refractivity contribution >= 4 is 17.1 Å². The monoisotopic (exact) mass is 533 g/mol. The van der Waals surface area contributed by atoms with E-state index >= 15 is 0 Å². The van der Waals surface area contributed by atoms with E-state index in [-0.39, 0.29) is 5.41 Å². The van der Waals surface area contributed by atoms with E-state index in [9.17, 15) is 0 Å². The first-order valence-corrected chi connectivity index (χ1v) is 14.2. The third-order valence-corrected chi connectivity index (χ3v) is 8.99. The van der Waals surface area contributed by atoms with Crippen LogP contribution in [0.15, 0.2) is 84.9 Å². The molecule has 204 valence electrons. The minimum absolute atomic E-state index is 0.0663. The van der Waals surface area contributed by atoms with Crippen LogP contribution in [0.1, 0.15) is 44.1 Å². The summed E-state index contributed by atoms with van der Waals surface area (Å²) >= 11 is 0. The van der Waals surface area contributed by atoms with Gasteiger partial charge in [0, 0.05) is 22.6 Å². The van der Waals surface area contributed by atoms with Crippen LogP contribution in [-0.2, 0) is 5.41 Å². The third-order valence-electron chi connectivity index (χ3n) is 8.99. The zero-order chi connectivity index (χ0) is 27.3. The van der Waals surface area contributed by atoms with Gasteiger partial charge in [0.25, 0.3) is 0 Å². The summed E-state index contributed by atoms with van der Waals surface area (Å²) in [5.41, 5.74) is 21.2. The maximum absolute atomic E-state index is 6.77. The largest absolute Gasteiger partial charge is 0.453 e. The molecular formula is C34H35N3O3. The maximum Gasteiger partial charge on any atom is 0.212 e. The quantitative estimate of drug-likeness (QED) is 0.206. The summed E-state index contributed by atoms with van der Waals surface area (Å²) in [4.78, 5) is 0. The summed E-state index contributed by atoms with van der Waals surface area (Å²) in [7, 11) is 0. The Hall–Kier alpha value is -4.32. The Balaban J connectivity index is 1.39.